The van der Waals surface area contributed by atoms with Crippen molar-refractivity contribution in [3.8, 4) is 0 Å². The standard InChI is InChI=1S/C20H30N4O2/c1-16(25)24(15-20(26)21-17-5-3-4-6-17)19-9-7-18(8-10-19)23-13-11-22(2)12-14-23/h7-10,17H,3-6,11-15H2,1-2H3,(H,21,26). The third-order valence-electron chi connectivity index (χ3n) is 5.43. The van der Waals surface area contributed by atoms with Crippen molar-refractivity contribution in [3.05, 3.63) is 24.3 Å². The first-order valence-electron chi connectivity index (χ1n) is 9.64. The van der Waals surface area contributed by atoms with Gasteiger partial charge in [0.25, 0.3) is 0 Å². The lowest BCUT2D eigenvalue weighted by atomic mass is 10.2. The molecule has 0 bridgehead atoms. The molecule has 1 aromatic rings. The van der Waals surface area contributed by atoms with Crippen molar-refractivity contribution in [2.45, 2.75) is 38.6 Å². The van der Waals surface area contributed by atoms with E-state index in [0.717, 1.165) is 44.7 Å². The summed E-state index contributed by atoms with van der Waals surface area (Å²) >= 11 is 0. The van der Waals surface area contributed by atoms with Crippen LogP contribution in [0.5, 0.6) is 0 Å². The number of amides is 2. The first-order valence-corrected chi connectivity index (χ1v) is 9.64. The normalized spacial score (nSPS) is 18.8. The highest BCUT2D eigenvalue weighted by atomic mass is 16.2. The van der Waals surface area contributed by atoms with Gasteiger partial charge in [-0.05, 0) is 44.2 Å². The molecule has 2 aliphatic rings. The summed E-state index contributed by atoms with van der Waals surface area (Å²) in [6, 6.07) is 8.25. The molecule has 1 saturated heterocycles. The van der Waals surface area contributed by atoms with Crippen LogP contribution in [0.1, 0.15) is 32.6 Å². The average Bonchev–Trinajstić information content (AvgIpc) is 3.13. The van der Waals surface area contributed by atoms with Crippen molar-refractivity contribution in [2.24, 2.45) is 0 Å². The van der Waals surface area contributed by atoms with E-state index >= 15 is 0 Å². The molecule has 0 spiro atoms. The number of piperazine rings is 1. The highest BCUT2D eigenvalue weighted by Gasteiger charge is 2.21. The Hall–Kier alpha value is -2.08. The molecule has 1 aliphatic heterocycles. The smallest absolute Gasteiger partial charge is 0.240 e. The Morgan fingerprint density at radius 1 is 1.08 bits per heavy atom. The van der Waals surface area contributed by atoms with Crippen molar-refractivity contribution < 1.29 is 9.59 Å². The Morgan fingerprint density at radius 2 is 1.69 bits per heavy atom. The molecule has 1 aliphatic carbocycles. The fraction of sp³-hybridized carbons (Fsp3) is 0.600. The maximum absolute atomic E-state index is 12.3. The Labute approximate surface area is 156 Å². The van der Waals surface area contributed by atoms with Gasteiger partial charge in [-0.2, -0.15) is 0 Å². The molecule has 1 heterocycles. The number of carbonyl (C=O) groups is 2. The van der Waals surface area contributed by atoms with Gasteiger partial charge in [-0.15, -0.1) is 0 Å². The van der Waals surface area contributed by atoms with Crippen molar-refractivity contribution in [3.63, 3.8) is 0 Å². The van der Waals surface area contributed by atoms with Crippen molar-refractivity contribution in [1.29, 1.82) is 0 Å². The SMILES string of the molecule is CC(=O)N(CC(=O)NC1CCCC1)c1ccc(N2CCN(C)CC2)cc1. The lowest BCUT2D eigenvalue weighted by Crippen LogP contribution is -2.44. The lowest BCUT2D eigenvalue weighted by molar-refractivity contribution is -0.123. The zero-order valence-corrected chi connectivity index (χ0v) is 15.9. The largest absolute Gasteiger partial charge is 0.369 e. The molecule has 6 heteroatoms. The molecule has 3 rings (SSSR count). The van der Waals surface area contributed by atoms with Gasteiger partial charge < -0.3 is 20.0 Å². The third kappa shape index (κ3) is 4.75. The second-order valence-electron chi connectivity index (χ2n) is 7.46. The van der Waals surface area contributed by atoms with Gasteiger partial charge in [-0.25, -0.2) is 0 Å². The van der Waals surface area contributed by atoms with Crippen LogP contribution in [0.25, 0.3) is 0 Å². The summed E-state index contributed by atoms with van der Waals surface area (Å²) in [5, 5.41) is 3.06. The first kappa shape index (κ1) is 18.7. The first-order chi connectivity index (χ1) is 12.5. The summed E-state index contributed by atoms with van der Waals surface area (Å²) in [5.41, 5.74) is 1.94. The number of hydrogen-bond donors (Lipinski definition) is 1. The van der Waals surface area contributed by atoms with Gasteiger partial charge in [-0.3, -0.25) is 9.59 Å². The molecule has 142 valence electrons. The highest BCUT2D eigenvalue weighted by Crippen LogP contribution is 2.22. The van der Waals surface area contributed by atoms with Crippen molar-refractivity contribution >= 4 is 23.2 Å². The maximum atomic E-state index is 12.3. The van der Waals surface area contributed by atoms with Gasteiger partial charge in [0.05, 0.1) is 0 Å². The van der Waals surface area contributed by atoms with Gasteiger partial charge in [0.2, 0.25) is 11.8 Å². The monoisotopic (exact) mass is 358 g/mol. The molecule has 1 aromatic carbocycles. The number of likely N-dealkylation sites (N-methyl/N-ethyl adjacent to an activating group) is 1. The predicted molar refractivity (Wildman–Crippen MR) is 105 cm³/mol. The number of hydrogen-bond acceptors (Lipinski definition) is 4. The van der Waals surface area contributed by atoms with E-state index in [0.29, 0.717) is 0 Å². The van der Waals surface area contributed by atoms with Gasteiger partial charge in [0.15, 0.2) is 0 Å². The third-order valence-corrected chi connectivity index (χ3v) is 5.43. The van der Waals surface area contributed by atoms with E-state index in [1.807, 2.05) is 24.3 Å². The summed E-state index contributed by atoms with van der Waals surface area (Å²) in [6.07, 6.45) is 4.45. The highest BCUT2D eigenvalue weighted by molar-refractivity contribution is 5.97. The van der Waals surface area contributed by atoms with Crippen LogP contribution in [0, 0.1) is 0 Å². The summed E-state index contributed by atoms with van der Waals surface area (Å²) in [7, 11) is 2.14. The van der Waals surface area contributed by atoms with Gasteiger partial charge >= 0.3 is 0 Å². The van der Waals surface area contributed by atoms with Gasteiger partial charge in [0, 0.05) is 50.5 Å². The van der Waals surface area contributed by atoms with Crippen LogP contribution in [-0.2, 0) is 9.59 Å². The quantitative estimate of drug-likeness (QED) is 0.873. The van der Waals surface area contributed by atoms with E-state index in [1.54, 1.807) is 4.90 Å². The molecule has 1 saturated carbocycles. The van der Waals surface area contributed by atoms with E-state index in [4.69, 9.17) is 0 Å². The topological polar surface area (TPSA) is 55.9 Å². The van der Waals surface area contributed by atoms with E-state index in [2.05, 4.69) is 22.2 Å². The molecule has 26 heavy (non-hydrogen) atoms. The molecule has 6 nitrogen and oxygen atoms in total. The van der Waals surface area contributed by atoms with Crippen LogP contribution in [-0.4, -0.2) is 62.5 Å². The minimum atomic E-state index is -0.112. The number of benzene rings is 1. The fourth-order valence-corrected chi connectivity index (χ4v) is 3.78. The Kier molecular flexibility index (Phi) is 6.14. The minimum absolute atomic E-state index is 0.0738. The molecule has 2 amide bonds. The van der Waals surface area contributed by atoms with Crippen LogP contribution in [0.15, 0.2) is 24.3 Å². The number of rotatable bonds is 5. The van der Waals surface area contributed by atoms with E-state index in [1.165, 1.54) is 25.5 Å². The van der Waals surface area contributed by atoms with Crippen LogP contribution in [0.4, 0.5) is 11.4 Å². The van der Waals surface area contributed by atoms with Crippen LogP contribution >= 0.6 is 0 Å². The van der Waals surface area contributed by atoms with E-state index in [9.17, 15) is 9.59 Å². The molecule has 1 N–H and O–H groups in total. The summed E-state index contributed by atoms with van der Waals surface area (Å²) < 4.78 is 0. The molecule has 0 atom stereocenters. The average molecular weight is 358 g/mol. The van der Waals surface area contributed by atoms with E-state index in [-0.39, 0.29) is 24.4 Å². The summed E-state index contributed by atoms with van der Waals surface area (Å²) in [6.45, 7) is 5.73. The summed E-state index contributed by atoms with van der Waals surface area (Å²) in [4.78, 5) is 30.6. The lowest BCUT2D eigenvalue weighted by Gasteiger charge is -2.34. The van der Waals surface area contributed by atoms with Crippen LogP contribution in [0.2, 0.25) is 0 Å². The van der Waals surface area contributed by atoms with Crippen molar-refractivity contribution in [1.82, 2.24) is 10.2 Å². The number of anilines is 2. The van der Waals surface area contributed by atoms with Crippen LogP contribution in [0.3, 0.4) is 0 Å². The summed E-state index contributed by atoms with van der Waals surface area (Å²) in [5.74, 6) is -0.186. The Morgan fingerprint density at radius 3 is 2.27 bits per heavy atom. The molecular weight excluding hydrogens is 328 g/mol. The second-order valence-corrected chi connectivity index (χ2v) is 7.46. The molecular formula is C20H30N4O2. The minimum Gasteiger partial charge on any atom is -0.369 e. The Balaban J connectivity index is 1.62. The molecule has 0 unspecified atom stereocenters. The van der Waals surface area contributed by atoms with E-state index < -0.39 is 0 Å². The number of nitrogens with zero attached hydrogens (tertiary/aromatic N) is 3. The number of carbonyl (C=O) groups excluding carboxylic acids is 2. The molecule has 0 aromatic heterocycles. The molecule has 0 radical (unpaired) electrons. The van der Waals surface area contributed by atoms with Crippen LogP contribution < -0.4 is 15.1 Å². The predicted octanol–water partition coefficient (Wildman–Crippen LogP) is 1.85. The molecule has 2 fully saturated rings. The Bertz CT molecular complexity index is 617. The zero-order chi connectivity index (χ0) is 18.5. The van der Waals surface area contributed by atoms with Crippen molar-refractivity contribution in [2.75, 3.05) is 49.6 Å². The number of nitrogens with one attached hydrogen (secondary N) is 1. The fourth-order valence-electron chi connectivity index (χ4n) is 3.78. The van der Waals surface area contributed by atoms with Gasteiger partial charge in [0.1, 0.15) is 6.54 Å². The van der Waals surface area contributed by atoms with Gasteiger partial charge in [-0.1, -0.05) is 12.8 Å². The second kappa shape index (κ2) is 8.54. The zero-order valence-electron chi connectivity index (χ0n) is 15.9. The maximum Gasteiger partial charge on any atom is 0.240 e.